The number of esters is 1. The van der Waals surface area contributed by atoms with Gasteiger partial charge < -0.3 is 15.8 Å². The lowest BCUT2D eigenvalue weighted by Gasteiger charge is -2.08. The summed E-state index contributed by atoms with van der Waals surface area (Å²) in [7, 11) is 0. The van der Waals surface area contributed by atoms with Crippen LogP contribution in [0.15, 0.2) is 54.6 Å². The van der Waals surface area contributed by atoms with Gasteiger partial charge in [-0.2, -0.15) is 15.0 Å². The van der Waals surface area contributed by atoms with Gasteiger partial charge in [-0.1, -0.05) is 30.3 Å². The number of nitrogens with two attached hydrogens (primary N) is 1. The molecule has 1 aromatic heterocycles. The molecule has 0 atom stereocenters. The van der Waals surface area contributed by atoms with Gasteiger partial charge in [0.05, 0.1) is 5.56 Å². The molecule has 3 rings (SSSR count). The highest BCUT2D eigenvalue weighted by atomic mass is 19.1. The number of benzene rings is 2. The summed E-state index contributed by atoms with van der Waals surface area (Å²) in [5.41, 5.74) is 6.26. The molecule has 0 aliphatic carbocycles. The molecule has 0 amide bonds. The molecular weight excluding hydrogens is 325 g/mol. The Balaban J connectivity index is 1.70. The smallest absolute Gasteiger partial charge is 0.341 e. The number of nitrogens with zero attached hydrogens (tertiary/aromatic N) is 3. The minimum absolute atomic E-state index is 0.0228. The Bertz CT molecular complexity index is 889. The lowest BCUT2D eigenvalue weighted by atomic mass is 10.2. The number of hydrogen-bond acceptors (Lipinski definition) is 7. The van der Waals surface area contributed by atoms with Crippen molar-refractivity contribution >= 4 is 23.6 Å². The standard InChI is InChI=1S/C17H14FN5O2/c18-13-9-5-4-8-12(13)15(24)25-10-14-21-16(19)23-17(22-14)20-11-6-2-1-3-7-11/h1-9H,10H2,(H3,19,20,21,22,23). The van der Waals surface area contributed by atoms with Crippen LogP contribution in [0.25, 0.3) is 0 Å². The van der Waals surface area contributed by atoms with Crippen LogP contribution in [0.1, 0.15) is 16.2 Å². The zero-order valence-corrected chi connectivity index (χ0v) is 13.0. The molecule has 7 nitrogen and oxygen atoms in total. The molecule has 0 bridgehead atoms. The first kappa shape index (κ1) is 16.3. The molecule has 1 heterocycles. The van der Waals surface area contributed by atoms with Crippen molar-refractivity contribution in [1.29, 1.82) is 0 Å². The fraction of sp³-hybridized carbons (Fsp3) is 0.0588. The van der Waals surface area contributed by atoms with Gasteiger partial charge in [0, 0.05) is 5.69 Å². The SMILES string of the molecule is Nc1nc(COC(=O)c2ccccc2F)nc(Nc2ccccc2)n1. The number of nitrogens with one attached hydrogen (secondary N) is 1. The molecule has 0 unspecified atom stereocenters. The van der Waals surface area contributed by atoms with E-state index in [1.54, 1.807) is 6.07 Å². The number of hydrogen-bond donors (Lipinski definition) is 2. The highest BCUT2D eigenvalue weighted by Gasteiger charge is 2.14. The number of ether oxygens (including phenoxy) is 1. The lowest BCUT2D eigenvalue weighted by Crippen LogP contribution is -2.12. The summed E-state index contributed by atoms with van der Waals surface area (Å²) in [6.07, 6.45) is 0. The predicted molar refractivity (Wildman–Crippen MR) is 89.5 cm³/mol. The van der Waals surface area contributed by atoms with E-state index in [0.29, 0.717) is 0 Å². The van der Waals surface area contributed by atoms with Crippen LogP contribution < -0.4 is 11.1 Å². The van der Waals surface area contributed by atoms with E-state index in [-0.39, 0.29) is 29.9 Å². The molecule has 0 saturated carbocycles. The Kier molecular flexibility index (Phi) is 4.79. The maximum atomic E-state index is 13.6. The normalized spacial score (nSPS) is 10.3. The second-order valence-electron chi connectivity index (χ2n) is 4.98. The van der Waals surface area contributed by atoms with Crippen molar-refractivity contribution in [2.45, 2.75) is 6.61 Å². The number of para-hydroxylation sites is 1. The maximum absolute atomic E-state index is 13.6. The molecule has 3 aromatic rings. The van der Waals surface area contributed by atoms with E-state index in [1.165, 1.54) is 18.2 Å². The van der Waals surface area contributed by atoms with Gasteiger partial charge in [0.1, 0.15) is 5.82 Å². The highest BCUT2D eigenvalue weighted by molar-refractivity contribution is 5.89. The van der Waals surface area contributed by atoms with Crippen LogP contribution in [0.3, 0.4) is 0 Å². The third-order valence-electron chi connectivity index (χ3n) is 3.16. The number of rotatable bonds is 5. The van der Waals surface area contributed by atoms with E-state index in [1.807, 2.05) is 30.3 Å². The summed E-state index contributed by atoms with van der Waals surface area (Å²) in [6.45, 7) is -0.261. The molecule has 2 aromatic carbocycles. The average Bonchev–Trinajstić information content (AvgIpc) is 2.60. The molecule has 0 spiro atoms. The van der Waals surface area contributed by atoms with Crippen LogP contribution in [0.4, 0.5) is 22.0 Å². The third-order valence-corrected chi connectivity index (χ3v) is 3.16. The first-order valence-corrected chi connectivity index (χ1v) is 7.36. The van der Waals surface area contributed by atoms with Crippen molar-refractivity contribution in [2.24, 2.45) is 0 Å². The van der Waals surface area contributed by atoms with E-state index in [4.69, 9.17) is 10.5 Å². The fourth-order valence-electron chi connectivity index (χ4n) is 2.04. The summed E-state index contributed by atoms with van der Waals surface area (Å²) < 4.78 is 18.6. The van der Waals surface area contributed by atoms with Crippen molar-refractivity contribution in [3.05, 3.63) is 71.8 Å². The number of nitrogen functional groups attached to an aromatic ring is 1. The van der Waals surface area contributed by atoms with Gasteiger partial charge in [0.2, 0.25) is 11.9 Å². The monoisotopic (exact) mass is 339 g/mol. The van der Waals surface area contributed by atoms with E-state index in [9.17, 15) is 9.18 Å². The van der Waals surface area contributed by atoms with Gasteiger partial charge in [-0.05, 0) is 24.3 Å². The zero-order valence-electron chi connectivity index (χ0n) is 13.0. The Morgan fingerprint density at radius 3 is 2.52 bits per heavy atom. The minimum atomic E-state index is -0.811. The quantitative estimate of drug-likeness (QED) is 0.689. The number of halogens is 1. The highest BCUT2D eigenvalue weighted by Crippen LogP contribution is 2.14. The Morgan fingerprint density at radius 1 is 1.04 bits per heavy atom. The minimum Gasteiger partial charge on any atom is -0.454 e. The molecule has 126 valence electrons. The van der Waals surface area contributed by atoms with E-state index < -0.39 is 11.8 Å². The maximum Gasteiger partial charge on any atom is 0.341 e. The van der Waals surface area contributed by atoms with Crippen LogP contribution in [-0.2, 0) is 11.3 Å². The first-order chi connectivity index (χ1) is 12.1. The van der Waals surface area contributed by atoms with Crippen molar-refractivity contribution in [1.82, 2.24) is 15.0 Å². The Morgan fingerprint density at radius 2 is 1.76 bits per heavy atom. The number of anilines is 3. The molecule has 0 aliphatic rings. The van der Waals surface area contributed by atoms with Crippen molar-refractivity contribution in [3.63, 3.8) is 0 Å². The van der Waals surface area contributed by atoms with Crippen LogP contribution in [-0.4, -0.2) is 20.9 Å². The van der Waals surface area contributed by atoms with Gasteiger partial charge in [-0.15, -0.1) is 0 Å². The zero-order chi connectivity index (χ0) is 17.6. The molecule has 0 fully saturated rings. The molecule has 3 N–H and O–H groups in total. The Hall–Kier alpha value is -3.55. The third kappa shape index (κ3) is 4.25. The number of aromatic nitrogens is 3. The van der Waals surface area contributed by atoms with Crippen LogP contribution in [0.5, 0.6) is 0 Å². The van der Waals surface area contributed by atoms with Gasteiger partial charge >= 0.3 is 5.97 Å². The van der Waals surface area contributed by atoms with Crippen molar-refractivity contribution in [2.75, 3.05) is 11.1 Å². The van der Waals surface area contributed by atoms with Crippen molar-refractivity contribution in [3.8, 4) is 0 Å². The largest absolute Gasteiger partial charge is 0.454 e. The summed E-state index contributed by atoms with van der Waals surface area (Å²) in [5.74, 6) is -1.12. The van der Waals surface area contributed by atoms with E-state index >= 15 is 0 Å². The van der Waals surface area contributed by atoms with Crippen LogP contribution in [0, 0.1) is 5.82 Å². The predicted octanol–water partition coefficient (Wildman–Crippen LogP) is 2.69. The topological polar surface area (TPSA) is 103 Å². The van der Waals surface area contributed by atoms with Gasteiger partial charge in [-0.25, -0.2) is 9.18 Å². The van der Waals surface area contributed by atoms with Gasteiger partial charge in [0.15, 0.2) is 12.4 Å². The first-order valence-electron chi connectivity index (χ1n) is 7.36. The van der Waals surface area contributed by atoms with Crippen LogP contribution >= 0.6 is 0 Å². The molecule has 0 saturated heterocycles. The molecular formula is C17H14FN5O2. The van der Waals surface area contributed by atoms with Crippen molar-refractivity contribution < 1.29 is 13.9 Å². The average molecular weight is 339 g/mol. The molecule has 0 radical (unpaired) electrons. The summed E-state index contributed by atoms with van der Waals surface area (Å²) in [6, 6.07) is 14.8. The van der Waals surface area contributed by atoms with E-state index in [0.717, 1.165) is 5.69 Å². The molecule has 0 aliphatic heterocycles. The molecule has 25 heavy (non-hydrogen) atoms. The lowest BCUT2D eigenvalue weighted by molar-refractivity contribution is 0.0457. The van der Waals surface area contributed by atoms with Crippen LogP contribution in [0.2, 0.25) is 0 Å². The van der Waals surface area contributed by atoms with Gasteiger partial charge in [0.25, 0.3) is 0 Å². The summed E-state index contributed by atoms with van der Waals surface area (Å²) >= 11 is 0. The fourth-order valence-corrected chi connectivity index (χ4v) is 2.04. The summed E-state index contributed by atoms with van der Waals surface area (Å²) in [4.78, 5) is 23.9. The Labute approximate surface area is 142 Å². The van der Waals surface area contributed by atoms with Gasteiger partial charge in [-0.3, -0.25) is 0 Å². The second kappa shape index (κ2) is 7.35. The summed E-state index contributed by atoms with van der Waals surface area (Å²) in [5, 5.41) is 2.97. The second-order valence-corrected chi connectivity index (χ2v) is 4.98. The number of carbonyl (C=O) groups is 1. The number of carbonyl (C=O) groups excluding carboxylic acids is 1. The van der Waals surface area contributed by atoms with E-state index in [2.05, 4.69) is 20.3 Å². The molecule has 8 heteroatoms.